The molecule has 112 valence electrons. The van der Waals surface area contributed by atoms with Crippen molar-refractivity contribution in [1.82, 2.24) is 10.2 Å². The molecule has 2 aliphatic rings. The van der Waals surface area contributed by atoms with Gasteiger partial charge in [-0.2, -0.15) is 0 Å². The lowest BCUT2D eigenvalue weighted by molar-refractivity contribution is 0.0138. The minimum Gasteiger partial charge on any atom is -0.393 e. The van der Waals surface area contributed by atoms with Gasteiger partial charge in [0.1, 0.15) is 0 Å². The van der Waals surface area contributed by atoms with Gasteiger partial charge in [-0.3, -0.25) is 4.90 Å². The Kier molecular flexibility index (Phi) is 6.53. The molecule has 0 bridgehead atoms. The van der Waals surface area contributed by atoms with Crippen molar-refractivity contribution in [3.8, 4) is 0 Å². The Hall–Kier alpha value is -0.200. The molecule has 1 aliphatic heterocycles. The topological polar surface area (TPSA) is 65.0 Å². The third kappa shape index (κ3) is 5.36. The highest BCUT2D eigenvalue weighted by Gasteiger charge is 2.22. The minimum absolute atomic E-state index is 0.155. The van der Waals surface area contributed by atoms with E-state index < -0.39 is 0 Å². The first-order valence-corrected chi connectivity index (χ1v) is 7.62. The maximum atomic E-state index is 9.99. The molecule has 19 heavy (non-hydrogen) atoms. The van der Waals surface area contributed by atoms with Gasteiger partial charge in [0, 0.05) is 32.7 Å². The van der Waals surface area contributed by atoms with E-state index in [-0.39, 0.29) is 12.2 Å². The summed E-state index contributed by atoms with van der Waals surface area (Å²) >= 11 is 0. The molecule has 2 fully saturated rings. The zero-order valence-electron chi connectivity index (χ0n) is 11.8. The van der Waals surface area contributed by atoms with Gasteiger partial charge in [0.05, 0.1) is 25.4 Å². The van der Waals surface area contributed by atoms with Gasteiger partial charge in [-0.25, -0.2) is 0 Å². The summed E-state index contributed by atoms with van der Waals surface area (Å²) in [4.78, 5) is 2.24. The number of aliphatic hydroxyl groups is 2. The second-order valence-corrected chi connectivity index (χ2v) is 5.84. The normalized spacial score (nSPS) is 31.3. The van der Waals surface area contributed by atoms with Crippen molar-refractivity contribution in [2.45, 2.75) is 37.9 Å². The van der Waals surface area contributed by atoms with Crippen LogP contribution in [0.1, 0.15) is 25.7 Å². The summed E-state index contributed by atoms with van der Waals surface area (Å²) < 4.78 is 5.29. The molecular formula is C14H28N2O3. The Labute approximate surface area is 115 Å². The molecule has 3 N–H and O–H groups in total. The Bertz CT molecular complexity index is 247. The third-order valence-electron chi connectivity index (χ3n) is 4.23. The molecule has 5 heteroatoms. The number of rotatable bonds is 6. The monoisotopic (exact) mass is 272 g/mol. The lowest BCUT2D eigenvalue weighted by atomic mass is 9.86. The molecule has 0 aromatic rings. The lowest BCUT2D eigenvalue weighted by Crippen LogP contribution is -2.44. The van der Waals surface area contributed by atoms with Gasteiger partial charge in [-0.15, -0.1) is 0 Å². The largest absolute Gasteiger partial charge is 0.393 e. The van der Waals surface area contributed by atoms with Crippen LogP contribution in [0.25, 0.3) is 0 Å². The molecule has 0 amide bonds. The van der Waals surface area contributed by atoms with Crippen molar-refractivity contribution in [2.75, 3.05) is 45.9 Å². The molecular weight excluding hydrogens is 244 g/mol. The molecule has 3 unspecified atom stereocenters. The van der Waals surface area contributed by atoms with E-state index in [9.17, 15) is 10.2 Å². The van der Waals surface area contributed by atoms with Crippen molar-refractivity contribution in [3.63, 3.8) is 0 Å². The van der Waals surface area contributed by atoms with Crippen molar-refractivity contribution in [3.05, 3.63) is 0 Å². The van der Waals surface area contributed by atoms with Crippen LogP contribution in [-0.2, 0) is 4.74 Å². The standard InChI is InChI=1S/C14H28N2O3/c17-13(11-16-5-7-19-8-6-16)10-15-9-12-3-1-2-4-14(12)18/h12-15,17-18H,1-11H2. The molecule has 0 aromatic heterocycles. The van der Waals surface area contributed by atoms with Crippen molar-refractivity contribution in [2.24, 2.45) is 5.92 Å². The number of hydrogen-bond acceptors (Lipinski definition) is 5. The van der Waals surface area contributed by atoms with E-state index in [1.807, 2.05) is 0 Å². The molecule has 1 heterocycles. The fraction of sp³-hybridized carbons (Fsp3) is 1.00. The number of nitrogens with one attached hydrogen (secondary N) is 1. The predicted octanol–water partition coefficient (Wildman–Crippen LogP) is -0.180. The van der Waals surface area contributed by atoms with Crippen molar-refractivity contribution < 1.29 is 14.9 Å². The molecule has 1 aliphatic carbocycles. The van der Waals surface area contributed by atoms with E-state index >= 15 is 0 Å². The molecule has 1 saturated carbocycles. The number of β-amino-alcohol motifs (C(OH)–C–C–N with tert-alkyl or cyclic N) is 1. The highest BCUT2D eigenvalue weighted by molar-refractivity contribution is 4.77. The Balaban J connectivity index is 1.56. The number of ether oxygens (including phenoxy) is 1. The van der Waals surface area contributed by atoms with Crippen LogP contribution in [0.15, 0.2) is 0 Å². The molecule has 3 atom stereocenters. The minimum atomic E-state index is -0.334. The summed E-state index contributed by atoms with van der Waals surface area (Å²) in [5.74, 6) is 0.365. The van der Waals surface area contributed by atoms with Gasteiger partial charge >= 0.3 is 0 Å². The molecule has 5 nitrogen and oxygen atoms in total. The van der Waals surface area contributed by atoms with Gasteiger partial charge in [0.25, 0.3) is 0 Å². The highest BCUT2D eigenvalue weighted by Crippen LogP contribution is 2.23. The SMILES string of the molecule is OC(CNCC1CCCCC1O)CN1CCOCC1. The number of morpholine rings is 1. The predicted molar refractivity (Wildman–Crippen MR) is 74.1 cm³/mol. The van der Waals surface area contributed by atoms with E-state index in [0.717, 1.165) is 52.1 Å². The van der Waals surface area contributed by atoms with Crippen LogP contribution < -0.4 is 5.32 Å². The van der Waals surface area contributed by atoms with Gasteiger partial charge in [-0.1, -0.05) is 12.8 Å². The van der Waals surface area contributed by atoms with Gasteiger partial charge in [-0.05, 0) is 18.8 Å². The highest BCUT2D eigenvalue weighted by atomic mass is 16.5. The van der Waals surface area contributed by atoms with E-state index in [1.165, 1.54) is 6.42 Å². The van der Waals surface area contributed by atoms with Crippen LogP contribution in [0.2, 0.25) is 0 Å². The summed E-state index contributed by atoms with van der Waals surface area (Å²) in [6.07, 6.45) is 3.92. The van der Waals surface area contributed by atoms with Crippen LogP contribution >= 0.6 is 0 Å². The Morgan fingerprint density at radius 3 is 2.68 bits per heavy atom. The van der Waals surface area contributed by atoms with E-state index in [2.05, 4.69) is 10.2 Å². The van der Waals surface area contributed by atoms with Crippen molar-refractivity contribution in [1.29, 1.82) is 0 Å². The molecule has 0 aromatic carbocycles. The second kappa shape index (κ2) is 8.17. The number of nitrogens with zero attached hydrogens (tertiary/aromatic N) is 1. The Morgan fingerprint density at radius 2 is 1.95 bits per heavy atom. The van der Waals surface area contributed by atoms with Crippen molar-refractivity contribution >= 4 is 0 Å². The zero-order valence-corrected chi connectivity index (χ0v) is 11.8. The summed E-state index contributed by atoms with van der Waals surface area (Å²) in [6, 6.07) is 0. The first-order chi connectivity index (χ1) is 9.25. The molecule has 2 rings (SSSR count). The number of hydrogen-bond donors (Lipinski definition) is 3. The summed E-state index contributed by atoms with van der Waals surface area (Å²) in [6.45, 7) is 5.52. The summed E-state index contributed by atoms with van der Waals surface area (Å²) in [7, 11) is 0. The molecule has 0 radical (unpaired) electrons. The van der Waals surface area contributed by atoms with Gasteiger partial charge < -0.3 is 20.3 Å². The van der Waals surface area contributed by atoms with Crippen LogP contribution in [0.4, 0.5) is 0 Å². The fourth-order valence-electron chi connectivity index (χ4n) is 3.01. The van der Waals surface area contributed by atoms with Crippen LogP contribution in [0.5, 0.6) is 0 Å². The van der Waals surface area contributed by atoms with E-state index in [1.54, 1.807) is 0 Å². The first-order valence-electron chi connectivity index (χ1n) is 7.62. The van der Waals surface area contributed by atoms with Gasteiger partial charge in [0.15, 0.2) is 0 Å². The maximum absolute atomic E-state index is 9.99. The summed E-state index contributed by atoms with van der Waals surface area (Å²) in [5, 5.41) is 23.2. The molecule has 0 spiro atoms. The average Bonchev–Trinajstić information content (AvgIpc) is 2.42. The second-order valence-electron chi connectivity index (χ2n) is 5.84. The maximum Gasteiger partial charge on any atom is 0.0791 e. The molecule has 1 saturated heterocycles. The average molecular weight is 272 g/mol. The lowest BCUT2D eigenvalue weighted by Gasteiger charge is -2.30. The van der Waals surface area contributed by atoms with Crippen LogP contribution in [0.3, 0.4) is 0 Å². The first kappa shape index (κ1) is 15.2. The fourth-order valence-corrected chi connectivity index (χ4v) is 3.01. The quantitative estimate of drug-likeness (QED) is 0.626. The Morgan fingerprint density at radius 1 is 1.21 bits per heavy atom. The third-order valence-corrected chi connectivity index (χ3v) is 4.23. The van der Waals surface area contributed by atoms with Crippen LogP contribution in [0, 0.1) is 5.92 Å². The van der Waals surface area contributed by atoms with E-state index in [4.69, 9.17) is 4.74 Å². The summed E-state index contributed by atoms with van der Waals surface area (Å²) in [5.41, 5.74) is 0. The van der Waals surface area contributed by atoms with E-state index in [0.29, 0.717) is 19.0 Å². The van der Waals surface area contributed by atoms with Crippen LogP contribution in [-0.4, -0.2) is 73.3 Å². The smallest absolute Gasteiger partial charge is 0.0791 e. The number of aliphatic hydroxyl groups excluding tert-OH is 2. The zero-order chi connectivity index (χ0) is 13.5. The van der Waals surface area contributed by atoms with Gasteiger partial charge in [0.2, 0.25) is 0 Å².